The monoisotopic (exact) mass is 613 g/mol. The quantitative estimate of drug-likeness (QED) is 0.160. The number of nitrogens with two attached hydrogens (primary N) is 3. The van der Waals surface area contributed by atoms with E-state index in [1.54, 1.807) is 0 Å². The van der Waals surface area contributed by atoms with Crippen LogP contribution >= 0.6 is 68.7 Å². The molecular formula is C14H30I2N3NaS3. The van der Waals surface area contributed by atoms with Gasteiger partial charge < -0.3 is 29.8 Å². The van der Waals surface area contributed by atoms with Crippen molar-refractivity contribution in [3.05, 3.63) is 0 Å². The Bertz CT molecular complexity index is 235. The van der Waals surface area contributed by atoms with Crippen LogP contribution in [0.1, 0.15) is 25.7 Å². The molecule has 2 saturated carbocycles. The first-order chi connectivity index (χ1) is 10.6. The van der Waals surface area contributed by atoms with E-state index in [9.17, 15) is 0 Å². The number of hydrogen-bond acceptors (Lipinski definition) is 6. The number of rotatable bonds is 7. The molecular weight excluding hydrogens is 583 g/mol. The number of alkyl halides is 2. The summed E-state index contributed by atoms with van der Waals surface area (Å²) in [5, 5.41) is 1.73. The normalized spacial score (nSPS) is 27.9. The van der Waals surface area contributed by atoms with E-state index in [1.807, 2.05) is 23.5 Å². The van der Waals surface area contributed by atoms with Gasteiger partial charge in [-0.05, 0) is 32.2 Å². The van der Waals surface area contributed by atoms with Crippen molar-refractivity contribution < 1.29 is 29.6 Å². The summed E-state index contributed by atoms with van der Waals surface area (Å²) in [6.07, 6.45) is 5.67. The Hall–Kier alpha value is 3.39. The Labute approximate surface area is 206 Å². The summed E-state index contributed by atoms with van der Waals surface area (Å²) < 4.78 is 1.98. The summed E-state index contributed by atoms with van der Waals surface area (Å²) in [5.74, 6) is 2.91. The van der Waals surface area contributed by atoms with E-state index in [0.717, 1.165) is 42.9 Å². The summed E-state index contributed by atoms with van der Waals surface area (Å²) in [7, 11) is 0. The molecule has 9 heteroatoms. The molecule has 0 aromatic carbocycles. The first-order valence-corrected chi connectivity index (χ1v) is 13.0. The number of hydrogen-bond donors (Lipinski definition) is 3. The van der Waals surface area contributed by atoms with Gasteiger partial charge in [-0.15, -0.1) is 0 Å². The smallest absolute Gasteiger partial charge is 0.791 e. The molecule has 0 aromatic heterocycles. The molecule has 0 saturated heterocycles. The molecule has 2 aliphatic rings. The van der Waals surface area contributed by atoms with Crippen molar-refractivity contribution in [2.45, 2.75) is 44.0 Å². The fourth-order valence-corrected chi connectivity index (χ4v) is 5.77. The molecule has 0 aromatic rings. The first-order valence-electron chi connectivity index (χ1n) is 7.80. The minimum Gasteiger partial charge on any atom is -0.791 e. The maximum Gasteiger partial charge on any atom is 1.00 e. The van der Waals surface area contributed by atoms with Gasteiger partial charge in [0.2, 0.25) is 0 Å². The van der Waals surface area contributed by atoms with Gasteiger partial charge in [-0.1, -0.05) is 45.2 Å². The molecule has 2 aliphatic carbocycles. The molecule has 23 heavy (non-hydrogen) atoms. The van der Waals surface area contributed by atoms with Crippen LogP contribution in [-0.2, 0) is 12.6 Å². The molecule has 6 N–H and O–H groups in total. The molecule has 134 valence electrons. The average molecular weight is 613 g/mol. The molecule has 3 nitrogen and oxygen atoms in total. The average Bonchev–Trinajstić information content (AvgIpc) is 2.53. The van der Waals surface area contributed by atoms with Gasteiger partial charge in [0, 0.05) is 42.9 Å². The van der Waals surface area contributed by atoms with E-state index >= 15 is 0 Å². The minimum absolute atomic E-state index is 0. The van der Waals surface area contributed by atoms with Crippen molar-refractivity contribution in [2.24, 2.45) is 17.2 Å². The Kier molecular flexibility index (Phi) is 25.0. The zero-order chi connectivity index (χ0) is 16.8. The van der Waals surface area contributed by atoms with E-state index in [4.69, 9.17) is 17.2 Å². The largest absolute Gasteiger partial charge is 1.00 e. The predicted octanol–water partition coefficient (Wildman–Crippen LogP) is -0.215. The molecule has 0 aliphatic heterocycles. The van der Waals surface area contributed by atoms with Gasteiger partial charge in [-0.25, -0.2) is 0 Å². The molecule has 0 bridgehead atoms. The molecule has 2 fully saturated rings. The SMILES string of the molecule is IC1CCC1I.NCCSC1CCC1SCCN.NCC[S-].[Na+]. The van der Waals surface area contributed by atoms with Crippen LogP contribution in [0.4, 0.5) is 0 Å². The van der Waals surface area contributed by atoms with E-state index in [1.165, 1.54) is 25.7 Å². The van der Waals surface area contributed by atoms with Crippen LogP contribution in [0.25, 0.3) is 0 Å². The van der Waals surface area contributed by atoms with Crippen LogP contribution in [-0.4, -0.2) is 55.2 Å². The summed E-state index contributed by atoms with van der Waals surface area (Å²) in [5.41, 5.74) is 15.8. The van der Waals surface area contributed by atoms with Crippen LogP contribution in [0.3, 0.4) is 0 Å². The minimum atomic E-state index is 0. The topological polar surface area (TPSA) is 78.1 Å². The van der Waals surface area contributed by atoms with Crippen molar-refractivity contribution in [3.63, 3.8) is 0 Å². The fraction of sp³-hybridized carbons (Fsp3) is 1.00. The zero-order valence-corrected chi connectivity index (χ0v) is 22.9. The molecule has 4 atom stereocenters. The zero-order valence-electron chi connectivity index (χ0n) is 14.1. The van der Waals surface area contributed by atoms with Crippen LogP contribution in [0, 0.1) is 0 Å². The van der Waals surface area contributed by atoms with Crippen LogP contribution in [0.2, 0.25) is 0 Å². The molecule has 0 radical (unpaired) electrons. The van der Waals surface area contributed by atoms with E-state index in [0.29, 0.717) is 12.3 Å². The van der Waals surface area contributed by atoms with E-state index in [-0.39, 0.29) is 29.6 Å². The molecule has 2 rings (SSSR count). The molecule has 0 heterocycles. The molecule has 0 amide bonds. The Morgan fingerprint density at radius 2 is 1.13 bits per heavy atom. The summed E-state index contributed by atoms with van der Waals surface area (Å²) in [4.78, 5) is 0. The Morgan fingerprint density at radius 1 is 0.783 bits per heavy atom. The van der Waals surface area contributed by atoms with E-state index in [2.05, 4.69) is 57.8 Å². The van der Waals surface area contributed by atoms with Crippen molar-refractivity contribution in [1.82, 2.24) is 0 Å². The molecule has 0 spiro atoms. The fourth-order valence-electron chi connectivity index (χ4n) is 1.68. The van der Waals surface area contributed by atoms with Crippen LogP contribution in [0.5, 0.6) is 0 Å². The van der Waals surface area contributed by atoms with Crippen molar-refractivity contribution in [1.29, 1.82) is 0 Å². The van der Waals surface area contributed by atoms with E-state index < -0.39 is 0 Å². The van der Waals surface area contributed by atoms with Gasteiger partial charge in [0.1, 0.15) is 0 Å². The third-order valence-corrected chi connectivity index (χ3v) is 11.0. The van der Waals surface area contributed by atoms with Gasteiger partial charge in [0.05, 0.1) is 0 Å². The standard InChI is InChI=1S/C8H18N2S2.C4H6I2.C2H7NS.Na/c9-3-5-11-7-1-2-8(7)12-6-4-10;5-3-1-2-4(3)6;3-1-2-4;/h7-8H,1-6,9-10H2;3-4H,1-2H2;4H,1-3H2;/q;;;+1/p-1. The Morgan fingerprint density at radius 3 is 1.26 bits per heavy atom. The van der Waals surface area contributed by atoms with Crippen LogP contribution in [0.15, 0.2) is 0 Å². The maximum atomic E-state index is 5.45. The van der Waals surface area contributed by atoms with Crippen LogP contribution < -0.4 is 46.8 Å². The summed E-state index contributed by atoms with van der Waals surface area (Å²) >= 11 is 13.5. The summed E-state index contributed by atoms with van der Waals surface area (Å²) in [6, 6.07) is 0. The molecule has 4 unspecified atom stereocenters. The summed E-state index contributed by atoms with van der Waals surface area (Å²) in [6.45, 7) is 2.26. The van der Waals surface area contributed by atoms with Gasteiger partial charge in [0.15, 0.2) is 0 Å². The second-order valence-corrected chi connectivity index (χ2v) is 11.4. The first kappa shape index (κ1) is 28.6. The maximum absolute atomic E-state index is 5.45. The van der Waals surface area contributed by atoms with Crippen molar-refractivity contribution >= 4 is 81.3 Å². The predicted molar refractivity (Wildman–Crippen MR) is 126 cm³/mol. The third kappa shape index (κ3) is 15.0. The number of thioether (sulfide) groups is 2. The second-order valence-electron chi connectivity index (χ2n) is 5.08. The number of halogens is 2. The van der Waals surface area contributed by atoms with Gasteiger partial charge in [0.25, 0.3) is 0 Å². The van der Waals surface area contributed by atoms with Gasteiger partial charge in [-0.3, -0.25) is 0 Å². The second kappa shape index (κ2) is 20.1. The van der Waals surface area contributed by atoms with Crippen molar-refractivity contribution in [3.8, 4) is 0 Å². The van der Waals surface area contributed by atoms with Gasteiger partial charge >= 0.3 is 29.6 Å². The third-order valence-electron chi connectivity index (χ3n) is 3.28. The van der Waals surface area contributed by atoms with Crippen molar-refractivity contribution in [2.75, 3.05) is 36.9 Å². The Balaban J connectivity index is 0. The van der Waals surface area contributed by atoms with Gasteiger partial charge in [-0.2, -0.15) is 29.3 Å².